The van der Waals surface area contributed by atoms with Gasteiger partial charge in [-0.05, 0) is 12.3 Å². The second-order valence-electron chi connectivity index (χ2n) is 3.65. The molecule has 1 fully saturated rings. The number of terminal acetylenes is 1. The minimum atomic E-state index is 0.286. The zero-order valence-electron chi connectivity index (χ0n) is 8.25. The van der Waals surface area contributed by atoms with Gasteiger partial charge >= 0.3 is 0 Å². The maximum absolute atomic E-state index is 11.4. The number of nitrogens with zero attached hydrogens (tertiary/aromatic N) is 1. The van der Waals surface area contributed by atoms with Crippen LogP contribution in [0.1, 0.15) is 32.6 Å². The lowest BCUT2D eigenvalue weighted by atomic mass is 10.0. The van der Waals surface area contributed by atoms with Gasteiger partial charge in [-0.3, -0.25) is 4.79 Å². The normalized spacial score (nSPS) is 22.0. The Balaban J connectivity index is 2.34. The maximum atomic E-state index is 11.4. The zero-order valence-corrected chi connectivity index (χ0v) is 8.25. The van der Waals surface area contributed by atoms with E-state index in [2.05, 4.69) is 12.8 Å². The molecule has 0 aromatic carbocycles. The molecule has 1 aliphatic rings. The molecule has 72 valence electrons. The van der Waals surface area contributed by atoms with Crippen LogP contribution in [0.15, 0.2) is 0 Å². The van der Waals surface area contributed by atoms with Crippen LogP contribution in [0.25, 0.3) is 0 Å². The van der Waals surface area contributed by atoms with E-state index in [0.29, 0.717) is 12.3 Å². The van der Waals surface area contributed by atoms with Gasteiger partial charge in [0.2, 0.25) is 5.91 Å². The second kappa shape index (κ2) is 4.91. The molecule has 1 atom stereocenters. The van der Waals surface area contributed by atoms with Crippen LogP contribution in [-0.4, -0.2) is 23.9 Å². The number of amides is 1. The molecule has 0 bridgehead atoms. The van der Waals surface area contributed by atoms with Gasteiger partial charge in [0.05, 0.1) is 0 Å². The third kappa shape index (κ3) is 2.77. The third-order valence-electron chi connectivity index (χ3n) is 2.52. The molecule has 1 aliphatic heterocycles. The van der Waals surface area contributed by atoms with E-state index in [0.717, 1.165) is 25.9 Å². The van der Waals surface area contributed by atoms with Gasteiger partial charge in [-0.2, -0.15) is 0 Å². The van der Waals surface area contributed by atoms with Crippen LogP contribution in [0.4, 0.5) is 0 Å². The lowest BCUT2D eigenvalue weighted by molar-refractivity contribution is -0.127. The van der Waals surface area contributed by atoms with E-state index in [-0.39, 0.29) is 5.91 Å². The topological polar surface area (TPSA) is 20.3 Å². The van der Waals surface area contributed by atoms with Crippen molar-refractivity contribution in [2.75, 3.05) is 13.1 Å². The summed E-state index contributed by atoms with van der Waals surface area (Å²) in [6, 6.07) is 0. The molecular weight excluding hydrogens is 162 g/mol. The minimum Gasteiger partial charge on any atom is -0.341 e. The summed E-state index contributed by atoms with van der Waals surface area (Å²) in [5.74, 6) is 3.43. The lowest BCUT2D eigenvalue weighted by Gasteiger charge is -2.14. The fourth-order valence-corrected chi connectivity index (χ4v) is 1.87. The second-order valence-corrected chi connectivity index (χ2v) is 3.65. The molecule has 0 aliphatic carbocycles. The highest BCUT2D eigenvalue weighted by atomic mass is 16.2. The number of carbonyl (C=O) groups is 1. The maximum Gasteiger partial charge on any atom is 0.222 e. The van der Waals surface area contributed by atoms with E-state index in [1.54, 1.807) is 0 Å². The molecule has 1 saturated heterocycles. The van der Waals surface area contributed by atoms with Crippen LogP contribution in [0.2, 0.25) is 0 Å². The van der Waals surface area contributed by atoms with Crippen LogP contribution >= 0.6 is 0 Å². The number of rotatable bonds is 4. The molecule has 1 amide bonds. The van der Waals surface area contributed by atoms with Gasteiger partial charge in [0, 0.05) is 25.9 Å². The van der Waals surface area contributed by atoms with Gasteiger partial charge in [-0.1, -0.05) is 13.3 Å². The van der Waals surface area contributed by atoms with Gasteiger partial charge in [0.15, 0.2) is 0 Å². The van der Waals surface area contributed by atoms with Gasteiger partial charge < -0.3 is 4.90 Å². The molecule has 1 rings (SSSR count). The van der Waals surface area contributed by atoms with Crippen molar-refractivity contribution in [2.24, 2.45) is 5.92 Å². The Kier molecular flexibility index (Phi) is 3.82. The lowest BCUT2D eigenvalue weighted by Crippen LogP contribution is -2.26. The fraction of sp³-hybridized carbons (Fsp3) is 0.727. The molecular formula is C11H17NO. The average Bonchev–Trinajstić information content (AvgIpc) is 2.44. The molecule has 1 heterocycles. The number of likely N-dealkylation sites (tertiary alicyclic amines) is 1. The van der Waals surface area contributed by atoms with Crippen LogP contribution < -0.4 is 0 Å². The Labute approximate surface area is 80.3 Å². The fourth-order valence-electron chi connectivity index (χ4n) is 1.87. The Morgan fingerprint density at radius 1 is 1.69 bits per heavy atom. The quantitative estimate of drug-likeness (QED) is 0.601. The summed E-state index contributed by atoms with van der Waals surface area (Å²) in [5, 5.41) is 0. The van der Waals surface area contributed by atoms with Crippen molar-refractivity contribution in [1.29, 1.82) is 0 Å². The van der Waals surface area contributed by atoms with Crippen molar-refractivity contribution in [1.82, 2.24) is 4.90 Å². The molecule has 2 nitrogen and oxygen atoms in total. The summed E-state index contributed by atoms with van der Waals surface area (Å²) in [6.45, 7) is 3.83. The first-order chi connectivity index (χ1) is 6.27. The first-order valence-corrected chi connectivity index (χ1v) is 4.99. The summed E-state index contributed by atoms with van der Waals surface area (Å²) in [5.41, 5.74) is 0. The highest BCUT2D eigenvalue weighted by molar-refractivity contribution is 5.78. The number of hydrogen-bond donors (Lipinski definition) is 0. The summed E-state index contributed by atoms with van der Waals surface area (Å²) >= 11 is 0. The number of hydrogen-bond acceptors (Lipinski definition) is 1. The zero-order chi connectivity index (χ0) is 9.68. The number of carbonyl (C=O) groups excluding carboxylic acids is 1. The largest absolute Gasteiger partial charge is 0.341 e. The summed E-state index contributed by atoms with van der Waals surface area (Å²) in [4.78, 5) is 13.3. The van der Waals surface area contributed by atoms with E-state index < -0.39 is 0 Å². The van der Waals surface area contributed by atoms with Gasteiger partial charge in [0.25, 0.3) is 0 Å². The SMILES string of the molecule is C#CCCN1CC(CCC)CC1=O. The third-order valence-corrected chi connectivity index (χ3v) is 2.52. The Bertz CT molecular complexity index is 217. The van der Waals surface area contributed by atoms with Crippen molar-refractivity contribution in [3.8, 4) is 12.3 Å². The highest BCUT2D eigenvalue weighted by Gasteiger charge is 2.27. The Morgan fingerprint density at radius 3 is 3.08 bits per heavy atom. The van der Waals surface area contributed by atoms with E-state index in [1.807, 2.05) is 4.90 Å². The molecule has 0 saturated carbocycles. The van der Waals surface area contributed by atoms with Crippen LogP contribution in [0, 0.1) is 18.3 Å². The molecule has 2 heteroatoms. The molecule has 0 N–H and O–H groups in total. The Hall–Kier alpha value is -0.970. The molecule has 0 radical (unpaired) electrons. The molecule has 0 aromatic rings. The summed E-state index contributed by atoms with van der Waals surface area (Å²) in [6.07, 6.45) is 8.91. The minimum absolute atomic E-state index is 0.286. The molecule has 13 heavy (non-hydrogen) atoms. The van der Waals surface area contributed by atoms with Gasteiger partial charge in [-0.15, -0.1) is 12.3 Å². The summed E-state index contributed by atoms with van der Waals surface area (Å²) < 4.78 is 0. The molecule has 0 spiro atoms. The predicted octanol–water partition coefficient (Wildman–Crippen LogP) is 1.66. The standard InChI is InChI=1S/C11H17NO/c1-3-5-7-12-9-10(6-4-2)8-11(12)13/h1,10H,4-9H2,2H3. The highest BCUT2D eigenvalue weighted by Crippen LogP contribution is 2.21. The van der Waals surface area contributed by atoms with E-state index >= 15 is 0 Å². The summed E-state index contributed by atoms with van der Waals surface area (Å²) in [7, 11) is 0. The first-order valence-electron chi connectivity index (χ1n) is 4.99. The van der Waals surface area contributed by atoms with Crippen molar-refractivity contribution in [2.45, 2.75) is 32.6 Å². The van der Waals surface area contributed by atoms with Crippen LogP contribution in [-0.2, 0) is 4.79 Å². The van der Waals surface area contributed by atoms with Crippen molar-refractivity contribution >= 4 is 5.91 Å². The first kappa shape index (κ1) is 10.1. The van der Waals surface area contributed by atoms with Crippen molar-refractivity contribution in [3.63, 3.8) is 0 Å². The van der Waals surface area contributed by atoms with Gasteiger partial charge in [-0.25, -0.2) is 0 Å². The average molecular weight is 179 g/mol. The van der Waals surface area contributed by atoms with Crippen molar-refractivity contribution < 1.29 is 4.79 Å². The van der Waals surface area contributed by atoms with E-state index in [9.17, 15) is 4.79 Å². The van der Waals surface area contributed by atoms with Crippen molar-refractivity contribution in [3.05, 3.63) is 0 Å². The van der Waals surface area contributed by atoms with Gasteiger partial charge in [0.1, 0.15) is 0 Å². The molecule has 1 unspecified atom stereocenters. The van der Waals surface area contributed by atoms with Crippen LogP contribution in [0.5, 0.6) is 0 Å². The monoisotopic (exact) mass is 179 g/mol. The predicted molar refractivity (Wildman–Crippen MR) is 53.0 cm³/mol. The smallest absolute Gasteiger partial charge is 0.222 e. The van der Waals surface area contributed by atoms with E-state index in [1.165, 1.54) is 6.42 Å². The Morgan fingerprint density at radius 2 is 2.46 bits per heavy atom. The van der Waals surface area contributed by atoms with E-state index in [4.69, 9.17) is 6.42 Å². The van der Waals surface area contributed by atoms with Crippen LogP contribution in [0.3, 0.4) is 0 Å². The molecule has 0 aromatic heterocycles.